The molecule has 162 valence electrons. The zero-order chi connectivity index (χ0) is 23.0. The van der Waals surface area contributed by atoms with Crippen LogP contribution in [0.5, 0.6) is 0 Å². The molecule has 0 aliphatic rings. The number of nitro benzene ring substituents is 1. The van der Waals surface area contributed by atoms with Crippen molar-refractivity contribution in [2.24, 2.45) is 0 Å². The van der Waals surface area contributed by atoms with Crippen molar-refractivity contribution in [2.75, 3.05) is 19.4 Å². The van der Waals surface area contributed by atoms with Crippen LogP contribution in [0.15, 0.2) is 54.2 Å². The minimum Gasteiger partial charge on any atom is -0.349 e. The molecule has 31 heavy (non-hydrogen) atoms. The summed E-state index contributed by atoms with van der Waals surface area (Å²) in [4.78, 5) is 48.0. The van der Waals surface area contributed by atoms with E-state index in [4.69, 9.17) is 0 Å². The highest BCUT2D eigenvalue weighted by atomic mass is 16.6. The molecule has 0 aliphatic heterocycles. The monoisotopic (exact) mass is 424 g/mol. The van der Waals surface area contributed by atoms with Gasteiger partial charge in [0, 0.05) is 45.3 Å². The Bertz CT molecular complexity index is 1030. The van der Waals surface area contributed by atoms with Gasteiger partial charge in [-0.2, -0.15) is 0 Å². The van der Waals surface area contributed by atoms with E-state index in [0.717, 1.165) is 5.56 Å². The maximum Gasteiger partial charge on any atom is 0.272 e. The van der Waals surface area contributed by atoms with E-state index in [1.54, 1.807) is 38.4 Å². The number of anilines is 1. The smallest absolute Gasteiger partial charge is 0.272 e. The number of nitrogens with one attached hydrogen (secondary N) is 2. The molecule has 0 aromatic heterocycles. The van der Waals surface area contributed by atoms with Crippen LogP contribution in [0.3, 0.4) is 0 Å². The lowest BCUT2D eigenvalue weighted by molar-refractivity contribution is -0.384. The van der Waals surface area contributed by atoms with E-state index in [1.165, 1.54) is 36.1 Å². The summed E-state index contributed by atoms with van der Waals surface area (Å²) in [5.41, 5.74) is 1.58. The van der Waals surface area contributed by atoms with Gasteiger partial charge in [0.2, 0.25) is 11.8 Å². The van der Waals surface area contributed by atoms with E-state index in [1.807, 2.05) is 6.07 Å². The molecule has 9 heteroatoms. The summed E-state index contributed by atoms with van der Waals surface area (Å²) in [7, 11) is 3.38. The van der Waals surface area contributed by atoms with Crippen molar-refractivity contribution in [3.05, 3.63) is 75.5 Å². The number of hydrogen-bond donors (Lipinski definition) is 2. The van der Waals surface area contributed by atoms with E-state index in [2.05, 4.69) is 10.6 Å². The fourth-order valence-electron chi connectivity index (χ4n) is 2.72. The number of amides is 3. The highest BCUT2D eigenvalue weighted by Crippen LogP contribution is 2.17. The summed E-state index contributed by atoms with van der Waals surface area (Å²) in [5, 5.41) is 16.1. The van der Waals surface area contributed by atoms with Gasteiger partial charge in [-0.1, -0.05) is 24.3 Å². The molecule has 2 aromatic rings. The standard InChI is InChI=1S/C22H24N4O5/c1-15(27)23-20(14-17-7-5-9-19(13-17)26(30)31)22(29)24-18-8-4-6-16(12-18)10-11-21(28)25(2)3/h4-9,12-14H,10-11H2,1-3H3,(H,23,27)(H,24,29)/b20-14-. The second-order valence-corrected chi connectivity index (χ2v) is 7.03. The van der Waals surface area contributed by atoms with Gasteiger partial charge in [0.15, 0.2) is 0 Å². The molecular formula is C22H24N4O5. The Labute approximate surface area is 179 Å². The molecule has 0 radical (unpaired) electrons. The molecule has 9 nitrogen and oxygen atoms in total. The third kappa shape index (κ3) is 7.39. The van der Waals surface area contributed by atoms with Gasteiger partial charge < -0.3 is 15.5 Å². The number of rotatable bonds is 8. The predicted octanol–water partition coefficient (Wildman–Crippen LogP) is 2.73. The average Bonchev–Trinajstić information content (AvgIpc) is 2.71. The van der Waals surface area contributed by atoms with Crippen molar-refractivity contribution in [3.63, 3.8) is 0 Å². The molecule has 2 N–H and O–H groups in total. The van der Waals surface area contributed by atoms with Crippen LogP contribution in [-0.4, -0.2) is 41.6 Å². The predicted molar refractivity (Wildman–Crippen MR) is 117 cm³/mol. The molecule has 0 saturated carbocycles. The van der Waals surface area contributed by atoms with Crippen LogP contribution >= 0.6 is 0 Å². The highest BCUT2D eigenvalue weighted by Gasteiger charge is 2.13. The number of aryl methyl sites for hydroxylation is 1. The molecule has 2 rings (SSSR count). The summed E-state index contributed by atoms with van der Waals surface area (Å²) in [6.07, 6.45) is 2.22. The summed E-state index contributed by atoms with van der Waals surface area (Å²) >= 11 is 0. The van der Waals surface area contributed by atoms with Gasteiger partial charge in [0.1, 0.15) is 5.70 Å². The number of nitrogens with zero attached hydrogens (tertiary/aromatic N) is 2. The Morgan fingerprint density at radius 2 is 1.81 bits per heavy atom. The first-order chi connectivity index (χ1) is 14.7. The molecule has 0 heterocycles. The maximum atomic E-state index is 12.7. The first kappa shape index (κ1) is 23.3. The number of carbonyl (C=O) groups is 3. The number of benzene rings is 2. The van der Waals surface area contributed by atoms with Gasteiger partial charge in [-0.05, 0) is 35.8 Å². The second kappa shape index (κ2) is 10.7. The third-order valence-electron chi connectivity index (χ3n) is 4.26. The van der Waals surface area contributed by atoms with Gasteiger partial charge in [0.25, 0.3) is 11.6 Å². The first-order valence-electron chi connectivity index (χ1n) is 9.50. The van der Waals surface area contributed by atoms with Crippen molar-refractivity contribution in [1.29, 1.82) is 0 Å². The third-order valence-corrected chi connectivity index (χ3v) is 4.26. The first-order valence-corrected chi connectivity index (χ1v) is 9.50. The van der Waals surface area contributed by atoms with Gasteiger partial charge in [0.05, 0.1) is 4.92 Å². The molecule has 2 aromatic carbocycles. The molecule has 0 spiro atoms. The Balaban J connectivity index is 2.20. The second-order valence-electron chi connectivity index (χ2n) is 7.03. The molecule has 3 amide bonds. The molecule has 0 saturated heterocycles. The van der Waals surface area contributed by atoms with Crippen molar-refractivity contribution >= 4 is 35.2 Å². The minimum absolute atomic E-state index is 0.00210. The molecular weight excluding hydrogens is 400 g/mol. The van der Waals surface area contributed by atoms with E-state index in [-0.39, 0.29) is 17.3 Å². The lowest BCUT2D eigenvalue weighted by atomic mass is 10.1. The van der Waals surface area contributed by atoms with Crippen molar-refractivity contribution in [2.45, 2.75) is 19.8 Å². The Morgan fingerprint density at radius 3 is 2.45 bits per heavy atom. The Kier molecular flexibility index (Phi) is 8.01. The number of hydrogen-bond acceptors (Lipinski definition) is 5. The van der Waals surface area contributed by atoms with Crippen molar-refractivity contribution < 1.29 is 19.3 Å². The number of carbonyl (C=O) groups excluding carboxylic acids is 3. The van der Waals surface area contributed by atoms with Crippen LogP contribution in [0.4, 0.5) is 11.4 Å². The van der Waals surface area contributed by atoms with Crippen molar-refractivity contribution in [3.8, 4) is 0 Å². The minimum atomic E-state index is -0.580. The van der Waals surface area contributed by atoms with Crippen molar-refractivity contribution in [1.82, 2.24) is 10.2 Å². The summed E-state index contributed by atoms with van der Waals surface area (Å²) < 4.78 is 0. The SMILES string of the molecule is CC(=O)N/C(=C\c1cccc([N+](=O)[O-])c1)C(=O)Nc1cccc(CCC(=O)N(C)C)c1. The van der Waals surface area contributed by atoms with Gasteiger partial charge >= 0.3 is 0 Å². The molecule has 0 bridgehead atoms. The molecule has 0 atom stereocenters. The number of non-ortho nitro benzene ring substituents is 1. The normalized spacial score (nSPS) is 10.9. The van der Waals surface area contributed by atoms with Crippen LogP contribution in [0.25, 0.3) is 6.08 Å². The average molecular weight is 424 g/mol. The summed E-state index contributed by atoms with van der Waals surface area (Å²) in [5.74, 6) is -1.03. The Hall–Kier alpha value is -4.01. The number of nitro groups is 1. The zero-order valence-electron chi connectivity index (χ0n) is 17.5. The molecule has 0 aliphatic carbocycles. The largest absolute Gasteiger partial charge is 0.349 e. The fraction of sp³-hybridized carbons (Fsp3) is 0.227. The lowest BCUT2D eigenvalue weighted by Crippen LogP contribution is -2.29. The zero-order valence-corrected chi connectivity index (χ0v) is 17.5. The quantitative estimate of drug-likeness (QED) is 0.383. The molecule has 0 fully saturated rings. The van der Waals surface area contributed by atoms with Crippen LogP contribution in [0.1, 0.15) is 24.5 Å². The molecule has 0 unspecified atom stereocenters. The van der Waals surface area contributed by atoms with Gasteiger partial charge in [-0.15, -0.1) is 0 Å². The van der Waals surface area contributed by atoms with Gasteiger partial charge in [-0.3, -0.25) is 24.5 Å². The lowest BCUT2D eigenvalue weighted by Gasteiger charge is -2.12. The van der Waals surface area contributed by atoms with E-state index in [0.29, 0.717) is 24.1 Å². The van der Waals surface area contributed by atoms with E-state index in [9.17, 15) is 24.5 Å². The maximum absolute atomic E-state index is 12.7. The van der Waals surface area contributed by atoms with Crippen LogP contribution in [0.2, 0.25) is 0 Å². The van der Waals surface area contributed by atoms with Crippen LogP contribution in [0, 0.1) is 10.1 Å². The Morgan fingerprint density at radius 1 is 1.10 bits per heavy atom. The summed E-state index contributed by atoms with van der Waals surface area (Å²) in [6, 6.07) is 12.8. The van der Waals surface area contributed by atoms with E-state index >= 15 is 0 Å². The van der Waals surface area contributed by atoms with Crippen LogP contribution < -0.4 is 10.6 Å². The summed E-state index contributed by atoms with van der Waals surface area (Å²) in [6.45, 7) is 1.26. The van der Waals surface area contributed by atoms with Gasteiger partial charge in [-0.25, -0.2) is 0 Å². The fourth-order valence-corrected chi connectivity index (χ4v) is 2.72. The topological polar surface area (TPSA) is 122 Å². The highest BCUT2D eigenvalue weighted by molar-refractivity contribution is 6.08. The van der Waals surface area contributed by atoms with E-state index < -0.39 is 16.7 Å². The van der Waals surface area contributed by atoms with Crippen LogP contribution in [-0.2, 0) is 20.8 Å².